The Morgan fingerprint density at radius 3 is 2.56 bits per heavy atom. The third-order valence-electron chi connectivity index (χ3n) is 4.77. The third kappa shape index (κ3) is 2.60. The molecule has 0 aromatic rings. The van der Waals surface area contributed by atoms with Crippen LogP contribution in [0, 0.1) is 17.8 Å². The lowest BCUT2D eigenvalue weighted by atomic mass is 9.94. The van der Waals surface area contributed by atoms with Gasteiger partial charge in [-0.05, 0) is 56.5 Å². The van der Waals surface area contributed by atoms with Crippen LogP contribution >= 0.6 is 0 Å². The van der Waals surface area contributed by atoms with E-state index in [1.807, 2.05) is 0 Å². The van der Waals surface area contributed by atoms with Crippen molar-refractivity contribution in [2.24, 2.45) is 23.5 Å². The van der Waals surface area contributed by atoms with E-state index >= 15 is 0 Å². The van der Waals surface area contributed by atoms with Crippen LogP contribution in [0.5, 0.6) is 0 Å². The van der Waals surface area contributed by atoms with E-state index in [1.54, 1.807) is 0 Å². The molecule has 3 atom stereocenters. The molecule has 3 unspecified atom stereocenters. The van der Waals surface area contributed by atoms with E-state index in [0.29, 0.717) is 0 Å². The van der Waals surface area contributed by atoms with Crippen LogP contribution in [0.3, 0.4) is 0 Å². The Balaban J connectivity index is 1.88. The maximum absolute atomic E-state index is 5.87. The smallest absolute Gasteiger partial charge is 0.0119 e. The second kappa shape index (κ2) is 5.50. The maximum Gasteiger partial charge on any atom is 0.0119 e. The van der Waals surface area contributed by atoms with E-state index < -0.39 is 0 Å². The number of rotatable bonds is 4. The molecule has 1 saturated carbocycles. The highest BCUT2D eigenvalue weighted by atomic mass is 15.2. The molecule has 1 heterocycles. The van der Waals surface area contributed by atoms with Gasteiger partial charge in [0.2, 0.25) is 0 Å². The zero-order chi connectivity index (χ0) is 11.5. The molecule has 2 aliphatic rings. The Labute approximate surface area is 101 Å². The predicted molar refractivity (Wildman–Crippen MR) is 69.3 cm³/mol. The van der Waals surface area contributed by atoms with Crippen molar-refractivity contribution < 1.29 is 0 Å². The van der Waals surface area contributed by atoms with Crippen LogP contribution in [-0.4, -0.2) is 30.6 Å². The normalized spacial score (nSPS) is 36.4. The van der Waals surface area contributed by atoms with Gasteiger partial charge in [-0.2, -0.15) is 0 Å². The molecule has 2 fully saturated rings. The van der Waals surface area contributed by atoms with Crippen molar-refractivity contribution in [2.75, 3.05) is 19.6 Å². The molecular weight excluding hydrogens is 196 g/mol. The molecule has 16 heavy (non-hydrogen) atoms. The lowest BCUT2D eigenvalue weighted by molar-refractivity contribution is 0.162. The molecule has 1 saturated heterocycles. The first-order chi connectivity index (χ1) is 7.72. The molecule has 0 bridgehead atoms. The summed E-state index contributed by atoms with van der Waals surface area (Å²) in [6.45, 7) is 8.31. The quantitative estimate of drug-likeness (QED) is 0.795. The summed E-state index contributed by atoms with van der Waals surface area (Å²) in [5, 5.41) is 0. The molecule has 0 aromatic heterocycles. The van der Waals surface area contributed by atoms with Gasteiger partial charge in [-0.1, -0.05) is 20.3 Å². The number of nitrogens with zero attached hydrogens (tertiary/aromatic N) is 1. The first kappa shape index (κ1) is 12.4. The van der Waals surface area contributed by atoms with Crippen LogP contribution in [0.2, 0.25) is 0 Å². The number of nitrogens with two attached hydrogens (primary N) is 1. The highest BCUT2D eigenvalue weighted by Gasteiger charge is 2.33. The Morgan fingerprint density at radius 2 is 1.88 bits per heavy atom. The fourth-order valence-electron chi connectivity index (χ4n) is 3.80. The molecule has 0 radical (unpaired) electrons. The molecule has 2 N–H and O–H groups in total. The van der Waals surface area contributed by atoms with E-state index in [2.05, 4.69) is 18.7 Å². The van der Waals surface area contributed by atoms with Crippen LogP contribution < -0.4 is 5.73 Å². The van der Waals surface area contributed by atoms with Crippen molar-refractivity contribution in [3.05, 3.63) is 0 Å². The lowest BCUT2D eigenvalue weighted by Gasteiger charge is -2.31. The average Bonchev–Trinajstić information content (AvgIpc) is 2.86. The van der Waals surface area contributed by atoms with Gasteiger partial charge < -0.3 is 5.73 Å². The number of hydrogen-bond acceptors (Lipinski definition) is 2. The van der Waals surface area contributed by atoms with Crippen LogP contribution in [0.15, 0.2) is 0 Å². The minimum absolute atomic E-state index is 0.813. The van der Waals surface area contributed by atoms with Crippen LogP contribution in [0.1, 0.15) is 46.0 Å². The maximum atomic E-state index is 5.87. The average molecular weight is 224 g/mol. The zero-order valence-corrected chi connectivity index (χ0v) is 11.0. The minimum atomic E-state index is 0.813. The minimum Gasteiger partial charge on any atom is -0.330 e. The summed E-state index contributed by atoms with van der Waals surface area (Å²) in [6.07, 6.45) is 7.03. The lowest BCUT2D eigenvalue weighted by Crippen LogP contribution is -2.38. The molecule has 0 aromatic carbocycles. The summed E-state index contributed by atoms with van der Waals surface area (Å²) in [7, 11) is 0. The van der Waals surface area contributed by atoms with Gasteiger partial charge in [0.05, 0.1) is 0 Å². The van der Waals surface area contributed by atoms with E-state index in [4.69, 9.17) is 5.73 Å². The van der Waals surface area contributed by atoms with Gasteiger partial charge in [-0.15, -0.1) is 0 Å². The molecule has 2 nitrogen and oxygen atoms in total. The van der Waals surface area contributed by atoms with Gasteiger partial charge in [0.15, 0.2) is 0 Å². The van der Waals surface area contributed by atoms with Crippen molar-refractivity contribution >= 4 is 0 Å². The van der Waals surface area contributed by atoms with Crippen LogP contribution in [0.4, 0.5) is 0 Å². The summed E-state index contributed by atoms with van der Waals surface area (Å²) in [5.74, 6) is 2.53. The van der Waals surface area contributed by atoms with Crippen molar-refractivity contribution in [3.8, 4) is 0 Å². The largest absolute Gasteiger partial charge is 0.330 e. The van der Waals surface area contributed by atoms with Crippen molar-refractivity contribution in [1.29, 1.82) is 0 Å². The molecule has 2 heteroatoms. The van der Waals surface area contributed by atoms with Gasteiger partial charge in [0, 0.05) is 12.6 Å². The van der Waals surface area contributed by atoms with Crippen molar-refractivity contribution in [3.63, 3.8) is 0 Å². The molecule has 94 valence electrons. The van der Waals surface area contributed by atoms with Crippen LogP contribution in [0.25, 0.3) is 0 Å². The van der Waals surface area contributed by atoms with Gasteiger partial charge in [-0.25, -0.2) is 0 Å². The first-order valence-corrected chi connectivity index (χ1v) is 7.16. The molecule has 0 amide bonds. The highest BCUT2D eigenvalue weighted by molar-refractivity contribution is 4.87. The number of likely N-dealkylation sites (tertiary alicyclic amines) is 1. The molecular formula is C14H28N2. The molecule has 1 aliphatic heterocycles. The standard InChI is InChI=1S/C14H28N2/c1-11(2)14-7-4-8-16(14)10-13-6-3-5-12(13)9-15/h11-14H,3-10,15H2,1-2H3. The summed E-state index contributed by atoms with van der Waals surface area (Å²) in [6, 6.07) is 0.846. The van der Waals surface area contributed by atoms with Crippen molar-refractivity contribution in [1.82, 2.24) is 4.90 Å². The first-order valence-electron chi connectivity index (χ1n) is 7.16. The predicted octanol–water partition coefficient (Wildman–Crippen LogP) is 2.48. The van der Waals surface area contributed by atoms with E-state index in [9.17, 15) is 0 Å². The highest BCUT2D eigenvalue weighted by Crippen LogP contribution is 2.34. The molecule has 1 aliphatic carbocycles. The summed E-state index contributed by atoms with van der Waals surface area (Å²) >= 11 is 0. The zero-order valence-electron chi connectivity index (χ0n) is 11.0. The van der Waals surface area contributed by atoms with Gasteiger partial charge in [0.1, 0.15) is 0 Å². The van der Waals surface area contributed by atoms with Crippen molar-refractivity contribution in [2.45, 2.75) is 52.0 Å². The summed E-state index contributed by atoms with van der Waals surface area (Å²) in [5.41, 5.74) is 5.87. The number of hydrogen-bond donors (Lipinski definition) is 1. The van der Waals surface area contributed by atoms with E-state index in [0.717, 1.165) is 30.3 Å². The Hall–Kier alpha value is -0.0800. The fourth-order valence-corrected chi connectivity index (χ4v) is 3.80. The second-order valence-electron chi connectivity index (χ2n) is 6.14. The summed E-state index contributed by atoms with van der Waals surface area (Å²) in [4.78, 5) is 2.75. The second-order valence-corrected chi connectivity index (χ2v) is 6.14. The van der Waals surface area contributed by atoms with Gasteiger partial charge in [0.25, 0.3) is 0 Å². The third-order valence-corrected chi connectivity index (χ3v) is 4.77. The molecule has 2 rings (SSSR count). The monoisotopic (exact) mass is 224 g/mol. The van der Waals surface area contributed by atoms with Crippen LogP contribution in [-0.2, 0) is 0 Å². The fraction of sp³-hybridized carbons (Fsp3) is 1.00. The Bertz CT molecular complexity index is 215. The Morgan fingerprint density at radius 1 is 1.12 bits per heavy atom. The van der Waals surface area contributed by atoms with Gasteiger partial charge in [-0.3, -0.25) is 4.90 Å². The van der Waals surface area contributed by atoms with E-state index in [-0.39, 0.29) is 0 Å². The topological polar surface area (TPSA) is 29.3 Å². The summed E-state index contributed by atoms with van der Waals surface area (Å²) < 4.78 is 0. The van der Waals surface area contributed by atoms with Gasteiger partial charge >= 0.3 is 0 Å². The molecule has 0 spiro atoms. The van der Waals surface area contributed by atoms with E-state index in [1.165, 1.54) is 45.2 Å². The SMILES string of the molecule is CC(C)C1CCCN1CC1CCCC1CN. The Kier molecular flexibility index (Phi) is 4.26.